The van der Waals surface area contributed by atoms with Crippen molar-refractivity contribution in [3.63, 3.8) is 0 Å². The Labute approximate surface area is 114 Å². The number of aryl methyl sites for hydroxylation is 1. The Morgan fingerprint density at radius 3 is 2.74 bits per heavy atom. The van der Waals surface area contributed by atoms with Crippen LogP contribution in [-0.4, -0.2) is 27.3 Å². The van der Waals surface area contributed by atoms with Crippen molar-refractivity contribution < 1.29 is 5.11 Å². The molecule has 0 fully saturated rings. The summed E-state index contributed by atoms with van der Waals surface area (Å²) in [5, 5.41) is 12.6. The molecule has 0 spiro atoms. The topological polar surface area (TPSA) is 50.1 Å². The van der Waals surface area contributed by atoms with Gasteiger partial charge in [-0.25, -0.2) is 4.98 Å². The SMILES string of the molecule is Cc1ncc(CNCCC(C)O)n1-c1ccccc1. The van der Waals surface area contributed by atoms with Gasteiger partial charge in [0, 0.05) is 12.2 Å². The number of aliphatic hydroxyl groups excluding tert-OH is 1. The first kappa shape index (κ1) is 13.8. The van der Waals surface area contributed by atoms with Gasteiger partial charge in [-0.05, 0) is 38.9 Å². The third kappa shape index (κ3) is 3.66. The Balaban J connectivity index is 2.06. The van der Waals surface area contributed by atoms with E-state index in [1.807, 2.05) is 31.3 Å². The van der Waals surface area contributed by atoms with Crippen LogP contribution in [0.5, 0.6) is 0 Å². The Bertz CT molecular complexity index is 505. The molecule has 0 aliphatic carbocycles. The number of nitrogens with one attached hydrogen (secondary N) is 1. The molecule has 2 rings (SSSR count). The first-order chi connectivity index (χ1) is 9.18. The molecule has 0 aliphatic heterocycles. The van der Waals surface area contributed by atoms with Crippen LogP contribution in [0.3, 0.4) is 0 Å². The van der Waals surface area contributed by atoms with Crippen LogP contribution in [0.2, 0.25) is 0 Å². The highest BCUT2D eigenvalue weighted by atomic mass is 16.3. The Kier molecular flexibility index (Phi) is 4.71. The second-order valence-corrected chi connectivity index (χ2v) is 4.78. The summed E-state index contributed by atoms with van der Waals surface area (Å²) in [6.45, 7) is 5.37. The van der Waals surface area contributed by atoms with Crippen LogP contribution in [0, 0.1) is 6.92 Å². The first-order valence-corrected chi connectivity index (χ1v) is 6.66. The lowest BCUT2D eigenvalue weighted by Gasteiger charge is -2.11. The lowest BCUT2D eigenvalue weighted by molar-refractivity contribution is 0.183. The normalized spacial score (nSPS) is 12.6. The zero-order valence-corrected chi connectivity index (χ0v) is 11.5. The summed E-state index contributed by atoms with van der Waals surface area (Å²) >= 11 is 0. The molecular formula is C15H21N3O. The molecule has 0 saturated heterocycles. The van der Waals surface area contributed by atoms with Gasteiger partial charge in [0.2, 0.25) is 0 Å². The molecule has 0 aliphatic rings. The van der Waals surface area contributed by atoms with E-state index in [4.69, 9.17) is 0 Å². The first-order valence-electron chi connectivity index (χ1n) is 6.66. The van der Waals surface area contributed by atoms with Crippen LogP contribution in [0.15, 0.2) is 36.5 Å². The minimum Gasteiger partial charge on any atom is -0.393 e. The fraction of sp³-hybridized carbons (Fsp3) is 0.400. The quantitative estimate of drug-likeness (QED) is 0.781. The van der Waals surface area contributed by atoms with E-state index in [1.165, 1.54) is 0 Å². The molecule has 4 nitrogen and oxygen atoms in total. The summed E-state index contributed by atoms with van der Waals surface area (Å²) in [6.07, 6.45) is 2.41. The van der Waals surface area contributed by atoms with Crippen molar-refractivity contribution in [2.75, 3.05) is 6.54 Å². The van der Waals surface area contributed by atoms with Crippen LogP contribution in [0.25, 0.3) is 5.69 Å². The van der Waals surface area contributed by atoms with Gasteiger partial charge in [0.25, 0.3) is 0 Å². The second-order valence-electron chi connectivity index (χ2n) is 4.78. The van der Waals surface area contributed by atoms with E-state index in [9.17, 15) is 5.11 Å². The molecule has 0 amide bonds. The molecule has 19 heavy (non-hydrogen) atoms. The van der Waals surface area contributed by atoms with Gasteiger partial charge in [-0.3, -0.25) is 4.57 Å². The number of rotatable bonds is 6. The minimum absolute atomic E-state index is 0.256. The Morgan fingerprint density at radius 1 is 1.32 bits per heavy atom. The number of aliphatic hydroxyl groups is 1. The van der Waals surface area contributed by atoms with Gasteiger partial charge in [0.1, 0.15) is 5.82 Å². The van der Waals surface area contributed by atoms with Crippen molar-refractivity contribution in [1.82, 2.24) is 14.9 Å². The fourth-order valence-corrected chi connectivity index (χ4v) is 2.07. The Morgan fingerprint density at radius 2 is 2.05 bits per heavy atom. The van der Waals surface area contributed by atoms with Crippen LogP contribution >= 0.6 is 0 Å². The number of hydrogen-bond acceptors (Lipinski definition) is 3. The molecule has 2 N–H and O–H groups in total. The van der Waals surface area contributed by atoms with Crippen molar-refractivity contribution in [2.24, 2.45) is 0 Å². The molecule has 2 aromatic rings. The highest BCUT2D eigenvalue weighted by molar-refractivity contribution is 5.35. The van der Waals surface area contributed by atoms with Gasteiger partial charge in [-0.2, -0.15) is 0 Å². The third-order valence-corrected chi connectivity index (χ3v) is 3.07. The maximum Gasteiger partial charge on any atom is 0.110 e. The molecule has 1 heterocycles. The number of imidazole rings is 1. The molecule has 4 heteroatoms. The van der Waals surface area contributed by atoms with Gasteiger partial charge in [-0.15, -0.1) is 0 Å². The molecule has 0 saturated carbocycles. The lowest BCUT2D eigenvalue weighted by Crippen LogP contribution is -2.20. The van der Waals surface area contributed by atoms with E-state index < -0.39 is 0 Å². The minimum atomic E-state index is -0.256. The Hall–Kier alpha value is -1.65. The number of hydrogen-bond donors (Lipinski definition) is 2. The smallest absolute Gasteiger partial charge is 0.110 e. The number of aromatic nitrogens is 2. The molecule has 0 radical (unpaired) electrons. The zero-order valence-electron chi connectivity index (χ0n) is 11.5. The average molecular weight is 259 g/mol. The summed E-state index contributed by atoms with van der Waals surface area (Å²) in [5.41, 5.74) is 2.26. The van der Waals surface area contributed by atoms with Gasteiger partial charge >= 0.3 is 0 Å². The monoisotopic (exact) mass is 259 g/mol. The molecule has 102 valence electrons. The number of para-hydroxylation sites is 1. The van der Waals surface area contributed by atoms with Crippen molar-refractivity contribution in [3.8, 4) is 5.69 Å². The maximum atomic E-state index is 9.23. The van der Waals surface area contributed by atoms with Crippen LogP contribution in [-0.2, 0) is 6.54 Å². The predicted octanol–water partition coefficient (Wildman–Crippen LogP) is 2.04. The summed E-state index contributed by atoms with van der Waals surface area (Å²) in [6, 6.07) is 10.2. The lowest BCUT2D eigenvalue weighted by atomic mass is 10.3. The third-order valence-electron chi connectivity index (χ3n) is 3.07. The largest absolute Gasteiger partial charge is 0.393 e. The summed E-state index contributed by atoms with van der Waals surface area (Å²) in [5.74, 6) is 0.985. The van der Waals surface area contributed by atoms with E-state index in [2.05, 4.69) is 27.0 Å². The van der Waals surface area contributed by atoms with E-state index in [0.29, 0.717) is 0 Å². The maximum absolute atomic E-state index is 9.23. The summed E-state index contributed by atoms with van der Waals surface area (Å²) in [4.78, 5) is 4.38. The second kappa shape index (κ2) is 6.50. The van der Waals surface area contributed by atoms with Gasteiger partial charge in [0.05, 0.1) is 18.0 Å². The van der Waals surface area contributed by atoms with Crippen LogP contribution < -0.4 is 5.32 Å². The molecule has 0 bridgehead atoms. The van der Waals surface area contributed by atoms with Crippen molar-refractivity contribution in [3.05, 3.63) is 48.0 Å². The summed E-state index contributed by atoms with van der Waals surface area (Å²) in [7, 11) is 0. The fourth-order valence-electron chi connectivity index (χ4n) is 2.07. The van der Waals surface area contributed by atoms with E-state index in [1.54, 1.807) is 6.92 Å². The van der Waals surface area contributed by atoms with Gasteiger partial charge in [-0.1, -0.05) is 18.2 Å². The summed E-state index contributed by atoms with van der Waals surface area (Å²) < 4.78 is 2.15. The number of benzene rings is 1. The molecule has 1 aromatic heterocycles. The average Bonchev–Trinajstić information content (AvgIpc) is 2.77. The highest BCUT2D eigenvalue weighted by Gasteiger charge is 2.07. The van der Waals surface area contributed by atoms with Crippen LogP contribution in [0.1, 0.15) is 24.9 Å². The van der Waals surface area contributed by atoms with Crippen LogP contribution in [0.4, 0.5) is 0 Å². The highest BCUT2D eigenvalue weighted by Crippen LogP contribution is 2.14. The molecule has 1 aromatic carbocycles. The standard InChI is InChI=1S/C15H21N3O/c1-12(19)8-9-16-10-15-11-17-13(2)18(15)14-6-4-3-5-7-14/h3-7,11-12,16,19H,8-10H2,1-2H3. The number of nitrogens with zero attached hydrogens (tertiary/aromatic N) is 2. The van der Waals surface area contributed by atoms with Crippen molar-refractivity contribution in [2.45, 2.75) is 32.9 Å². The van der Waals surface area contributed by atoms with Crippen molar-refractivity contribution in [1.29, 1.82) is 0 Å². The van der Waals surface area contributed by atoms with Gasteiger partial charge in [0.15, 0.2) is 0 Å². The van der Waals surface area contributed by atoms with Crippen molar-refractivity contribution >= 4 is 0 Å². The van der Waals surface area contributed by atoms with Gasteiger partial charge < -0.3 is 10.4 Å². The molecular weight excluding hydrogens is 238 g/mol. The molecule has 1 unspecified atom stereocenters. The van der Waals surface area contributed by atoms with E-state index >= 15 is 0 Å². The molecule has 1 atom stereocenters. The van der Waals surface area contributed by atoms with E-state index in [0.717, 1.165) is 36.7 Å². The van der Waals surface area contributed by atoms with E-state index in [-0.39, 0.29) is 6.10 Å². The zero-order chi connectivity index (χ0) is 13.7. The predicted molar refractivity (Wildman–Crippen MR) is 76.3 cm³/mol.